The van der Waals surface area contributed by atoms with Gasteiger partial charge >= 0.3 is 0 Å². The van der Waals surface area contributed by atoms with Crippen molar-refractivity contribution in [1.29, 1.82) is 5.26 Å². The molecule has 0 spiro atoms. The van der Waals surface area contributed by atoms with Crippen LogP contribution in [0.3, 0.4) is 0 Å². The normalized spacial score (nSPS) is 11.3. The van der Waals surface area contributed by atoms with Gasteiger partial charge in [-0.05, 0) is 54.6 Å². The SMILES string of the molecule is COc1ccc(-c2cc(=Nc3ccccc3C#N)c3cc(OC)ccc3o2)cc1. The number of fused-ring (bicyclic) bond motifs is 1. The van der Waals surface area contributed by atoms with E-state index in [4.69, 9.17) is 18.9 Å². The van der Waals surface area contributed by atoms with Crippen LogP contribution in [0.2, 0.25) is 0 Å². The first-order chi connectivity index (χ1) is 14.2. The molecule has 0 aliphatic carbocycles. The first-order valence-corrected chi connectivity index (χ1v) is 9.02. The molecule has 142 valence electrons. The summed E-state index contributed by atoms with van der Waals surface area (Å²) in [5, 5.41) is 10.9. The highest BCUT2D eigenvalue weighted by atomic mass is 16.5. The van der Waals surface area contributed by atoms with Crippen LogP contribution in [0, 0.1) is 11.3 Å². The van der Waals surface area contributed by atoms with Gasteiger partial charge in [0, 0.05) is 17.0 Å². The van der Waals surface area contributed by atoms with Gasteiger partial charge in [-0.1, -0.05) is 12.1 Å². The maximum atomic E-state index is 9.41. The molecule has 0 fully saturated rings. The summed E-state index contributed by atoms with van der Waals surface area (Å²) in [4.78, 5) is 4.77. The van der Waals surface area contributed by atoms with Crippen molar-refractivity contribution in [3.05, 3.63) is 83.7 Å². The van der Waals surface area contributed by atoms with E-state index in [0.29, 0.717) is 33.7 Å². The van der Waals surface area contributed by atoms with E-state index in [2.05, 4.69) is 6.07 Å². The van der Waals surface area contributed by atoms with Crippen molar-refractivity contribution in [3.63, 3.8) is 0 Å². The molecule has 4 aromatic rings. The summed E-state index contributed by atoms with van der Waals surface area (Å²) < 4.78 is 16.7. The van der Waals surface area contributed by atoms with Crippen molar-refractivity contribution in [1.82, 2.24) is 0 Å². The average Bonchev–Trinajstić information content (AvgIpc) is 2.79. The van der Waals surface area contributed by atoms with Gasteiger partial charge in [0.25, 0.3) is 0 Å². The Bertz CT molecular complexity index is 1280. The molecule has 0 amide bonds. The Labute approximate surface area is 168 Å². The van der Waals surface area contributed by atoms with E-state index in [1.54, 1.807) is 20.3 Å². The molecule has 0 bridgehead atoms. The highest BCUT2D eigenvalue weighted by molar-refractivity contribution is 5.80. The van der Waals surface area contributed by atoms with Crippen molar-refractivity contribution in [2.75, 3.05) is 14.2 Å². The number of hydrogen-bond donors (Lipinski definition) is 0. The molecule has 0 atom stereocenters. The van der Waals surface area contributed by atoms with Gasteiger partial charge in [-0.25, -0.2) is 4.99 Å². The van der Waals surface area contributed by atoms with Crippen LogP contribution in [0.4, 0.5) is 5.69 Å². The van der Waals surface area contributed by atoms with Crippen LogP contribution in [0.15, 0.2) is 82.2 Å². The minimum atomic E-state index is 0.510. The number of methoxy groups -OCH3 is 2. The van der Waals surface area contributed by atoms with Gasteiger partial charge in [-0.15, -0.1) is 0 Å². The van der Waals surface area contributed by atoms with E-state index in [9.17, 15) is 5.26 Å². The van der Waals surface area contributed by atoms with Crippen LogP contribution in [0.25, 0.3) is 22.3 Å². The van der Waals surface area contributed by atoms with Gasteiger partial charge in [0.15, 0.2) is 0 Å². The molecule has 0 unspecified atom stereocenters. The molecule has 3 aromatic carbocycles. The fourth-order valence-corrected chi connectivity index (χ4v) is 3.06. The Morgan fingerprint density at radius 2 is 1.59 bits per heavy atom. The molecule has 0 aliphatic heterocycles. The number of hydrogen-bond acceptors (Lipinski definition) is 5. The molecular weight excluding hydrogens is 364 g/mol. The fourth-order valence-electron chi connectivity index (χ4n) is 3.06. The molecule has 1 aromatic heterocycles. The lowest BCUT2D eigenvalue weighted by atomic mass is 10.1. The first-order valence-electron chi connectivity index (χ1n) is 9.02. The van der Waals surface area contributed by atoms with E-state index in [1.807, 2.05) is 66.7 Å². The molecular formula is C24H18N2O3. The Morgan fingerprint density at radius 3 is 2.31 bits per heavy atom. The summed E-state index contributed by atoms with van der Waals surface area (Å²) in [7, 11) is 3.25. The zero-order valence-electron chi connectivity index (χ0n) is 16.0. The molecule has 29 heavy (non-hydrogen) atoms. The summed E-state index contributed by atoms with van der Waals surface area (Å²) in [5.74, 6) is 2.14. The van der Waals surface area contributed by atoms with Crippen LogP contribution in [-0.2, 0) is 0 Å². The maximum absolute atomic E-state index is 9.41. The molecule has 0 aliphatic rings. The number of nitriles is 1. The van der Waals surface area contributed by atoms with E-state index in [-0.39, 0.29) is 0 Å². The lowest BCUT2D eigenvalue weighted by Gasteiger charge is -2.08. The van der Waals surface area contributed by atoms with Crippen LogP contribution >= 0.6 is 0 Å². The van der Waals surface area contributed by atoms with Crippen LogP contribution in [0.5, 0.6) is 11.5 Å². The zero-order chi connectivity index (χ0) is 20.2. The Kier molecular flexibility index (Phi) is 5.00. The average molecular weight is 382 g/mol. The van der Waals surface area contributed by atoms with Crippen molar-refractivity contribution < 1.29 is 13.9 Å². The lowest BCUT2D eigenvalue weighted by molar-refractivity contribution is 0.414. The number of para-hydroxylation sites is 1. The third kappa shape index (κ3) is 3.69. The van der Waals surface area contributed by atoms with Crippen molar-refractivity contribution >= 4 is 16.7 Å². The van der Waals surface area contributed by atoms with Crippen LogP contribution in [-0.4, -0.2) is 14.2 Å². The summed E-state index contributed by atoms with van der Waals surface area (Å²) in [6.45, 7) is 0. The second-order valence-electron chi connectivity index (χ2n) is 6.33. The van der Waals surface area contributed by atoms with Gasteiger partial charge in [0.2, 0.25) is 0 Å². The number of benzene rings is 3. The molecule has 0 saturated heterocycles. The third-order valence-corrected chi connectivity index (χ3v) is 4.59. The van der Waals surface area contributed by atoms with E-state index in [1.165, 1.54) is 0 Å². The third-order valence-electron chi connectivity index (χ3n) is 4.59. The van der Waals surface area contributed by atoms with Gasteiger partial charge < -0.3 is 13.9 Å². The molecule has 0 saturated carbocycles. The van der Waals surface area contributed by atoms with Gasteiger partial charge in [-0.3, -0.25) is 0 Å². The minimum absolute atomic E-state index is 0.510. The smallest absolute Gasteiger partial charge is 0.137 e. The zero-order valence-corrected chi connectivity index (χ0v) is 16.0. The van der Waals surface area contributed by atoms with Gasteiger partial charge in [-0.2, -0.15) is 5.26 Å². The van der Waals surface area contributed by atoms with E-state index in [0.717, 1.165) is 16.7 Å². The van der Waals surface area contributed by atoms with E-state index < -0.39 is 0 Å². The van der Waals surface area contributed by atoms with E-state index >= 15 is 0 Å². The largest absolute Gasteiger partial charge is 0.497 e. The second kappa shape index (κ2) is 7.91. The topological polar surface area (TPSA) is 67.8 Å². The Morgan fingerprint density at radius 1 is 0.862 bits per heavy atom. The summed E-state index contributed by atoms with van der Waals surface area (Å²) in [5.41, 5.74) is 2.68. The van der Waals surface area contributed by atoms with Crippen LogP contribution in [0.1, 0.15) is 5.56 Å². The quantitative estimate of drug-likeness (QED) is 0.485. The Hall–Kier alpha value is -4.04. The number of ether oxygens (including phenoxy) is 2. The summed E-state index contributed by atoms with van der Waals surface area (Å²) in [6.07, 6.45) is 0. The fraction of sp³-hybridized carbons (Fsp3) is 0.0833. The number of rotatable bonds is 4. The molecule has 4 rings (SSSR count). The van der Waals surface area contributed by atoms with Gasteiger partial charge in [0.1, 0.15) is 28.9 Å². The minimum Gasteiger partial charge on any atom is -0.497 e. The second-order valence-corrected chi connectivity index (χ2v) is 6.33. The standard InChI is InChI=1S/C24H18N2O3/c1-27-18-9-7-16(8-10-18)24-14-22(26-21-6-4-3-5-17(21)15-25)20-13-19(28-2)11-12-23(20)29-24/h3-14H,1-2H3. The predicted molar refractivity (Wildman–Crippen MR) is 111 cm³/mol. The van der Waals surface area contributed by atoms with Gasteiger partial charge in [0.05, 0.1) is 30.8 Å². The highest BCUT2D eigenvalue weighted by Gasteiger charge is 2.09. The maximum Gasteiger partial charge on any atom is 0.137 e. The first kappa shape index (κ1) is 18.3. The molecule has 1 heterocycles. The molecule has 5 heteroatoms. The van der Waals surface area contributed by atoms with Crippen molar-refractivity contribution in [2.24, 2.45) is 4.99 Å². The predicted octanol–water partition coefficient (Wildman–Crippen LogP) is 5.22. The molecule has 0 radical (unpaired) electrons. The van der Waals surface area contributed by atoms with Crippen LogP contribution < -0.4 is 14.8 Å². The number of nitrogens with zero attached hydrogens (tertiary/aromatic N) is 2. The summed E-state index contributed by atoms with van der Waals surface area (Å²) >= 11 is 0. The van der Waals surface area contributed by atoms with Crippen molar-refractivity contribution in [2.45, 2.75) is 0 Å². The molecule has 0 N–H and O–H groups in total. The monoisotopic (exact) mass is 382 g/mol. The molecule has 5 nitrogen and oxygen atoms in total. The summed E-state index contributed by atoms with van der Waals surface area (Å²) in [6, 6.07) is 24.5. The van der Waals surface area contributed by atoms with Crippen molar-refractivity contribution in [3.8, 4) is 28.9 Å². The lowest BCUT2D eigenvalue weighted by Crippen LogP contribution is -2.04. The Balaban J connectivity index is 1.99. The highest BCUT2D eigenvalue weighted by Crippen LogP contribution is 2.27.